The molecule has 0 saturated carbocycles. The third kappa shape index (κ3) is 3.00. The van der Waals surface area contributed by atoms with Gasteiger partial charge in [-0.25, -0.2) is 4.98 Å². The smallest absolute Gasteiger partial charge is 0.248 e. The number of pyridine rings is 1. The minimum atomic E-state index is -0.439. The van der Waals surface area contributed by atoms with Crippen LogP contribution in [0.5, 0.6) is 0 Å². The predicted octanol–water partition coefficient (Wildman–Crippen LogP) is 0.410. The summed E-state index contributed by atoms with van der Waals surface area (Å²) in [5.41, 5.74) is 0.588. The third-order valence-electron chi connectivity index (χ3n) is 5.13. The van der Waals surface area contributed by atoms with Crippen molar-refractivity contribution in [2.24, 2.45) is 0 Å². The van der Waals surface area contributed by atoms with E-state index in [2.05, 4.69) is 15.6 Å². The van der Waals surface area contributed by atoms with E-state index >= 15 is 0 Å². The molecule has 4 heterocycles. The van der Waals surface area contributed by atoms with Gasteiger partial charge in [-0.2, -0.15) is 0 Å². The minimum absolute atomic E-state index is 0.0208. The lowest BCUT2D eigenvalue weighted by atomic mass is 10.2. The van der Waals surface area contributed by atoms with Crippen molar-refractivity contribution in [1.29, 1.82) is 0 Å². The van der Waals surface area contributed by atoms with Crippen LogP contribution in [0.3, 0.4) is 0 Å². The fraction of sp³-hybridized carbons (Fsp3) is 0.529. The van der Waals surface area contributed by atoms with E-state index in [1.807, 2.05) is 11.8 Å². The van der Waals surface area contributed by atoms with Gasteiger partial charge in [-0.05, 0) is 25.5 Å². The SMILES string of the molecule is CC12CCC(=O)N1C(C(=O)Nc1ccc(N3CCNC(=O)C3)nc1)CS2. The largest absolute Gasteiger partial charge is 0.353 e. The Balaban J connectivity index is 1.42. The Morgan fingerprint density at radius 3 is 3.00 bits per heavy atom. The topological polar surface area (TPSA) is 94.6 Å². The molecule has 1 aromatic heterocycles. The number of hydrogen-bond donors (Lipinski definition) is 2. The van der Waals surface area contributed by atoms with Gasteiger partial charge in [-0.3, -0.25) is 14.4 Å². The second-order valence-electron chi connectivity index (χ2n) is 6.93. The molecule has 9 heteroatoms. The van der Waals surface area contributed by atoms with Gasteiger partial charge in [0.05, 0.1) is 23.3 Å². The molecule has 1 aromatic rings. The standard InChI is InChI=1S/C17H21N5O3S/c1-17-5-4-15(24)22(17)12(10-26-17)16(25)20-11-2-3-13(19-8-11)21-7-6-18-14(23)9-21/h2-3,8,12H,4-7,9-10H2,1H3,(H,18,23)(H,20,25). The lowest BCUT2D eigenvalue weighted by molar-refractivity contribution is -0.135. The Labute approximate surface area is 155 Å². The van der Waals surface area contributed by atoms with Crippen molar-refractivity contribution in [1.82, 2.24) is 15.2 Å². The average Bonchev–Trinajstić information content (AvgIpc) is 3.12. The fourth-order valence-electron chi connectivity index (χ4n) is 3.72. The van der Waals surface area contributed by atoms with E-state index in [-0.39, 0.29) is 29.1 Å². The van der Waals surface area contributed by atoms with Crippen molar-refractivity contribution >= 4 is 41.0 Å². The van der Waals surface area contributed by atoms with Crippen molar-refractivity contribution in [3.05, 3.63) is 18.3 Å². The van der Waals surface area contributed by atoms with Crippen LogP contribution in [0, 0.1) is 0 Å². The average molecular weight is 375 g/mol. The van der Waals surface area contributed by atoms with Crippen molar-refractivity contribution in [3.63, 3.8) is 0 Å². The summed E-state index contributed by atoms with van der Waals surface area (Å²) in [4.78, 5) is 44.0. The van der Waals surface area contributed by atoms with E-state index in [0.717, 1.165) is 6.42 Å². The summed E-state index contributed by atoms with van der Waals surface area (Å²) in [7, 11) is 0. The molecule has 2 unspecified atom stereocenters. The van der Waals surface area contributed by atoms with Gasteiger partial charge < -0.3 is 20.4 Å². The number of nitrogens with zero attached hydrogens (tertiary/aromatic N) is 3. The number of nitrogens with one attached hydrogen (secondary N) is 2. The van der Waals surface area contributed by atoms with Crippen LogP contribution in [-0.4, -0.2) is 63.9 Å². The second-order valence-corrected chi connectivity index (χ2v) is 8.43. The van der Waals surface area contributed by atoms with Gasteiger partial charge in [0, 0.05) is 25.3 Å². The molecule has 0 spiro atoms. The van der Waals surface area contributed by atoms with Crippen LogP contribution in [0.25, 0.3) is 0 Å². The van der Waals surface area contributed by atoms with E-state index < -0.39 is 6.04 Å². The highest BCUT2D eigenvalue weighted by molar-refractivity contribution is 8.01. The summed E-state index contributed by atoms with van der Waals surface area (Å²) in [6.45, 7) is 3.62. The zero-order valence-corrected chi connectivity index (χ0v) is 15.3. The van der Waals surface area contributed by atoms with E-state index in [1.54, 1.807) is 35.0 Å². The highest BCUT2D eigenvalue weighted by Gasteiger charge is 2.52. The molecule has 3 aliphatic heterocycles. The summed E-state index contributed by atoms with van der Waals surface area (Å²) in [5, 5.41) is 5.64. The van der Waals surface area contributed by atoms with Crippen molar-refractivity contribution in [2.75, 3.05) is 35.6 Å². The lowest BCUT2D eigenvalue weighted by Crippen LogP contribution is -2.48. The monoisotopic (exact) mass is 375 g/mol. The maximum atomic E-state index is 12.7. The molecular weight excluding hydrogens is 354 g/mol. The molecule has 4 rings (SSSR count). The van der Waals surface area contributed by atoms with Gasteiger partial charge in [0.1, 0.15) is 11.9 Å². The van der Waals surface area contributed by atoms with Gasteiger partial charge in [-0.1, -0.05) is 0 Å². The first-order chi connectivity index (χ1) is 12.5. The molecule has 3 saturated heterocycles. The molecule has 0 radical (unpaired) electrons. The van der Waals surface area contributed by atoms with Gasteiger partial charge >= 0.3 is 0 Å². The Morgan fingerprint density at radius 2 is 2.27 bits per heavy atom. The molecule has 2 atom stereocenters. The quantitative estimate of drug-likeness (QED) is 0.795. The number of aromatic nitrogens is 1. The van der Waals surface area contributed by atoms with Gasteiger partial charge in [0.25, 0.3) is 0 Å². The molecule has 26 heavy (non-hydrogen) atoms. The van der Waals surface area contributed by atoms with Crippen LogP contribution in [0.15, 0.2) is 18.3 Å². The minimum Gasteiger partial charge on any atom is -0.353 e. The second kappa shape index (κ2) is 6.46. The lowest BCUT2D eigenvalue weighted by Gasteiger charge is -2.30. The van der Waals surface area contributed by atoms with Crippen LogP contribution in [0.2, 0.25) is 0 Å². The Hall–Kier alpha value is -2.29. The number of hydrogen-bond acceptors (Lipinski definition) is 6. The normalized spacial score (nSPS) is 28.1. The number of rotatable bonds is 3. The zero-order chi connectivity index (χ0) is 18.3. The van der Waals surface area contributed by atoms with Crippen LogP contribution in [0.1, 0.15) is 19.8 Å². The molecule has 0 aliphatic carbocycles. The first kappa shape index (κ1) is 17.1. The Morgan fingerprint density at radius 1 is 1.42 bits per heavy atom. The number of amides is 3. The van der Waals surface area contributed by atoms with Crippen molar-refractivity contribution < 1.29 is 14.4 Å². The predicted molar refractivity (Wildman–Crippen MR) is 98.8 cm³/mol. The zero-order valence-electron chi connectivity index (χ0n) is 14.5. The van der Waals surface area contributed by atoms with Gasteiger partial charge in [0.15, 0.2) is 0 Å². The number of anilines is 2. The Bertz CT molecular complexity index is 755. The van der Waals surface area contributed by atoms with Gasteiger partial charge in [-0.15, -0.1) is 11.8 Å². The number of carbonyl (C=O) groups is 3. The van der Waals surface area contributed by atoms with Crippen LogP contribution in [0.4, 0.5) is 11.5 Å². The molecule has 2 N–H and O–H groups in total. The van der Waals surface area contributed by atoms with Crippen LogP contribution < -0.4 is 15.5 Å². The van der Waals surface area contributed by atoms with Crippen molar-refractivity contribution in [3.8, 4) is 0 Å². The maximum absolute atomic E-state index is 12.7. The molecule has 3 aliphatic rings. The first-order valence-electron chi connectivity index (χ1n) is 8.71. The maximum Gasteiger partial charge on any atom is 0.248 e. The molecule has 138 valence electrons. The third-order valence-corrected chi connectivity index (χ3v) is 6.63. The van der Waals surface area contributed by atoms with Crippen molar-refractivity contribution in [2.45, 2.75) is 30.7 Å². The summed E-state index contributed by atoms with van der Waals surface area (Å²) in [6.07, 6.45) is 2.89. The molecule has 0 bridgehead atoms. The van der Waals surface area contributed by atoms with E-state index in [9.17, 15) is 14.4 Å². The number of thioether (sulfide) groups is 1. The number of piperazine rings is 1. The molecule has 8 nitrogen and oxygen atoms in total. The summed E-state index contributed by atoms with van der Waals surface area (Å²) < 4.78 is 0. The molecule has 0 aromatic carbocycles. The summed E-state index contributed by atoms with van der Waals surface area (Å²) in [5.74, 6) is 1.17. The molecule has 3 fully saturated rings. The summed E-state index contributed by atoms with van der Waals surface area (Å²) >= 11 is 1.67. The summed E-state index contributed by atoms with van der Waals surface area (Å²) in [6, 6.07) is 3.13. The Kier molecular flexibility index (Phi) is 4.26. The highest BCUT2D eigenvalue weighted by atomic mass is 32.2. The van der Waals surface area contributed by atoms with Crippen LogP contribution >= 0.6 is 11.8 Å². The van der Waals surface area contributed by atoms with E-state index in [0.29, 0.717) is 36.8 Å². The molecular formula is C17H21N5O3S. The van der Waals surface area contributed by atoms with Gasteiger partial charge in [0.2, 0.25) is 17.7 Å². The van der Waals surface area contributed by atoms with Crippen LogP contribution in [-0.2, 0) is 14.4 Å². The number of fused-ring (bicyclic) bond motifs is 1. The number of carbonyl (C=O) groups excluding carboxylic acids is 3. The van der Waals surface area contributed by atoms with E-state index in [4.69, 9.17) is 0 Å². The van der Waals surface area contributed by atoms with E-state index in [1.165, 1.54) is 0 Å². The first-order valence-corrected chi connectivity index (χ1v) is 9.69. The highest BCUT2D eigenvalue weighted by Crippen LogP contribution is 2.47. The molecule has 3 amide bonds. The fourth-order valence-corrected chi connectivity index (χ4v) is 5.15.